The van der Waals surface area contributed by atoms with Crippen molar-refractivity contribution >= 4 is 33.2 Å². The molecule has 0 unspecified atom stereocenters. The van der Waals surface area contributed by atoms with Crippen molar-refractivity contribution in [2.75, 3.05) is 19.6 Å². The molecule has 0 atom stereocenters. The van der Waals surface area contributed by atoms with Gasteiger partial charge in [-0.2, -0.15) is 13.2 Å². The van der Waals surface area contributed by atoms with Gasteiger partial charge in [0, 0.05) is 11.6 Å². The highest BCUT2D eigenvalue weighted by Gasteiger charge is 2.26. The second-order valence-corrected chi connectivity index (χ2v) is 7.18. The van der Waals surface area contributed by atoms with Crippen LogP contribution in [0.4, 0.5) is 13.2 Å². The summed E-state index contributed by atoms with van der Waals surface area (Å²) in [5.41, 5.74) is 0.902. The van der Waals surface area contributed by atoms with Crippen molar-refractivity contribution in [3.8, 4) is 0 Å². The summed E-state index contributed by atoms with van der Waals surface area (Å²) in [4.78, 5) is 4.22. The maximum absolute atomic E-state index is 12.5. The third-order valence-corrected chi connectivity index (χ3v) is 5.25. The number of thiazole rings is 1. The van der Waals surface area contributed by atoms with Gasteiger partial charge in [-0.05, 0) is 50.0 Å². The minimum Gasteiger partial charge on any atom is -0.317 e. The average molecular weight is 364 g/mol. The van der Waals surface area contributed by atoms with Crippen molar-refractivity contribution in [3.63, 3.8) is 0 Å². The zero-order chi connectivity index (χ0) is 16.4. The Morgan fingerprint density at radius 2 is 2.04 bits per heavy atom. The molecule has 2 aromatic rings. The molecule has 1 aliphatic rings. The Labute approximate surface area is 140 Å². The first-order valence-electron chi connectivity index (χ1n) is 7.49. The van der Waals surface area contributed by atoms with Gasteiger partial charge in [0.25, 0.3) is 0 Å². The Hall–Kier alpha value is -1.05. The smallest absolute Gasteiger partial charge is 0.317 e. The quantitative estimate of drug-likeness (QED) is 0.882. The molecule has 23 heavy (non-hydrogen) atoms. The van der Waals surface area contributed by atoms with Gasteiger partial charge in [0.05, 0.1) is 10.2 Å². The molecule has 3 nitrogen and oxygen atoms in total. The lowest BCUT2D eigenvalue weighted by Gasteiger charge is -2.23. The van der Waals surface area contributed by atoms with Gasteiger partial charge in [-0.1, -0.05) is 22.9 Å². The van der Waals surface area contributed by atoms with Gasteiger partial charge >= 0.3 is 6.18 Å². The summed E-state index contributed by atoms with van der Waals surface area (Å²) >= 11 is 7.26. The maximum Gasteiger partial charge on any atom is 0.408 e. The number of hydrogen-bond donors (Lipinski definition) is 1. The van der Waals surface area contributed by atoms with Gasteiger partial charge in [0.2, 0.25) is 0 Å². The molecule has 0 aliphatic carbocycles. The van der Waals surface area contributed by atoms with Crippen molar-refractivity contribution in [3.05, 3.63) is 28.0 Å². The Kier molecular flexibility index (Phi) is 4.98. The standard InChI is InChI=1S/C15H17ClF3N3S/c16-11-1-2-12-13(7-11)23-14(21-9-15(17,18)19)22(12)8-10-3-5-20-6-4-10/h1-2,7,10,20H,3-6,8-9H2/b21-14-. The molecule has 1 aromatic carbocycles. The zero-order valence-corrected chi connectivity index (χ0v) is 13.9. The van der Waals surface area contributed by atoms with Crippen LogP contribution in [0.25, 0.3) is 10.2 Å². The third kappa shape index (κ3) is 4.28. The largest absolute Gasteiger partial charge is 0.408 e. The fourth-order valence-electron chi connectivity index (χ4n) is 2.82. The van der Waals surface area contributed by atoms with Gasteiger partial charge in [0.1, 0.15) is 6.54 Å². The topological polar surface area (TPSA) is 29.3 Å². The second kappa shape index (κ2) is 6.83. The number of halogens is 4. The van der Waals surface area contributed by atoms with Crippen LogP contribution in [0.1, 0.15) is 12.8 Å². The molecular formula is C15H17ClF3N3S. The van der Waals surface area contributed by atoms with Crippen molar-refractivity contribution < 1.29 is 13.2 Å². The van der Waals surface area contributed by atoms with Crippen LogP contribution in [0.5, 0.6) is 0 Å². The van der Waals surface area contributed by atoms with Crippen LogP contribution in [0.3, 0.4) is 0 Å². The van der Waals surface area contributed by atoms with E-state index in [1.807, 2.05) is 10.6 Å². The first-order chi connectivity index (χ1) is 10.9. The molecule has 0 amide bonds. The van der Waals surface area contributed by atoms with Crippen molar-refractivity contribution in [2.45, 2.75) is 25.6 Å². The number of nitrogens with zero attached hydrogens (tertiary/aromatic N) is 2. The van der Waals surface area contributed by atoms with E-state index in [1.165, 1.54) is 11.3 Å². The summed E-state index contributed by atoms with van der Waals surface area (Å²) in [7, 11) is 0. The van der Waals surface area contributed by atoms with Crippen molar-refractivity contribution in [1.29, 1.82) is 0 Å². The van der Waals surface area contributed by atoms with E-state index in [1.54, 1.807) is 12.1 Å². The molecule has 1 aliphatic heterocycles. The SMILES string of the molecule is FC(F)(F)C/N=c1\sc2cc(Cl)ccc2n1CC1CCNCC1. The minimum absolute atomic E-state index is 0.415. The highest BCUT2D eigenvalue weighted by Crippen LogP contribution is 2.24. The molecule has 0 bridgehead atoms. The van der Waals surface area contributed by atoms with E-state index in [4.69, 9.17) is 11.6 Å². The Morgan fingerprint density at radius 1 is 1.30 bits per heavy atom. The summed E-state index contributed by atoms with van der Waals surface area (Å²) in [6.45, 7) is 1.45. The average Bonchev–Trinajstić information content (AvgIpc) is 2.82. The fraction of sp³-hybridized carbons (Fsp3) is 0.533. The van der Waals surface area contributed by atoms with E-state index < -0.39 is 12.7 Å². The Bertz CT molecular complexity index is 744. The lowest BCUT2D eigenvalue weighted by Crippen LogP contribution is -2.32. The molecule has 8 heteroatoms. The summed E-state index contributed by atoms with van der Waals surface area (Å²) in [5, 5.41) is 3.88. The zero-order valence-electron chi connectivity index (χ0n) is 12.4. The fourth-order valence-corrected chi connectivity index (χ4v) is 4.14. The second-order valence-electron chi connectivity index (χ2n) is 5.73. The van der Waals surface area contributed by atoms with Crippen LogP contribution in [0.15, 0.2) is 23.2 Å². The first kappa shape index (κ1) is 16.8. The summed E-state index contributed by atoms with van der Waals surface area (Å²) in [6, 6.07) is 5.41. The molecule has 1 saturated heterocycles. The number of alkyl halides is 3. The summed E-state index contributed by atoms with van der Waals surface area (Å²) in [6.07, 6.45) is -2.24. The Morgan fingerprint density at radius 3 is 2.74 bits per heavy atom. The first-order valence-corrected chi connectivity index (χ1v) is 8.69. The van der Waals surface area contributed by atoms with Crippen molar-refractivity contribution in [2.24, 2.45) is 10.9 Å². The van der Waals surface area contributed by atoms with Crippen molar-refractivity contribution in [1.82, 2.24) is 9.88 Å². The van der Waals surface area contributed by atoms with E-state index >= 15 is 0 Å². The number of nitrogens with one attached hydrogen (secondary N) is 1. The number of rotatable bonds is 3. The van der Waals surface area contributed by atoms with Gasteiger partial charge in [-0.3, -0.25) is 0 Å². The van der Waals surface area contributed by atoms with Crippen LogP contribution < -0.4 is 10.1 Å². The van der Waals surface area contributed by atoms with Gasteiger partial charge in [-0.25, -0.2) is 4.99 Å². The molecular weight excluding hydrogens is 347 g/mol. The molecule has 1 fully saturated rings. The van der Waals surface area contributed by atoms with Crippen LogP contribution in [0.2, 0.25) is 5.02 Å². The van der Waals surface area contributed by atoms with Crippen LogP contribution in [-0.2, 0) is 6.54 Å². The number of benzene rings is 1. The van der Waals surface area contributed by atoms with Crippen LogP contribution >= 0.6 is 22.9 Å². The van der Waals surface area contributed by atoms with Gasteiger partial charge < -0.3 is 9.88 Å². The number of aromatic nitrogens is 1. The predicted molar refractivity (Wildman–Crippen MR) is 86.9 cm³/mol. The lowest BCUT2D eigenvalue weighted by atomic mass is 9.98. The highest BCUT2D eigenvalue weighted by atomic mass is 35.5. The maximum atomic E-state index is 12.5. The molecule has 0 radical (unpaired) electrons. The van der Waals surface area contributed by atoms with E-state index in [0.29, 0.717) is 22.3 Å². The van der Waals surface area contributed by atoms with E-state index in [9.17, 15) is 13.2 Å². The summed E-state index contributed by atoms with van der Waals surface area (Å²) < 4.78 is 40.4. The number of piperidine rings is 1. The number of fused-ring (bicyclic) bond motifs is 1. The van der Waals surface area contributed by atoms with Crippen LogP contribution in [0, 0.1) is 5.92 Å². The highest BCUT2D eigenvalue weighted by molar-refractivity contribution is 7.16. The van der Waals surface area contributed by atoms with E-state index in [2.05, 4.69) is 10.3 Å². The molecule has 1 N–H and O–H groups in total. The normalized spacial score (nSPS) is 18.0. The Balaban J connectivity index is 2.00. The number of hydrogen-bond acceptors (Lipinski definition) is 3. The molecule has 0 saturated carbocycles. The molecule has 1 aromatic heterocycles. The third-order valence-electron chi connectivity index (χ3n) is 3.94. The van der Waals surface area contributed by atoms with Gasteiger partial charge in [0.15, 0.2) is 4.80 Å². The monoisotopic (exact) mass is 363 g/mol. The molecule has 2 heterocycles. The molecule has 0 spiro atoms. The molecule has 3 rings (SSSR count). The lowest BCUT2D eigenvalue weighted by molar-refractivity contribution is -0.118. The minimum atomic E-state index is -4.29. The molecule has 126 valence electrons. The predicted octanol–water partition coefficient (Wildman–Crippen LogP) is 3.82. The van der Waals surface area contributed by atoms with Crippen LogP contribution in [-0.4, -0.2) is 30.4 Å². The van der Waals surface area contributed by atoms with E-state index in [-0.39, 0.29) is 0 Å². The van der Waals surface area contributed by atoms with E-state index in [0.717, 1.165) is 36.1 Å². The summed E-state index contributed by atoms with van der Waals surface area (Å²) in [5.74, 6) is 0.453. The van der Waals surface area contributed by atoms with Gasteiger partial charge in [-0.15, -0.1) is 0 Å².